The number of pyridine rings is 1. The topological polar surface area (TPSA) is 70.6 Å². The van der Waals surface area contributed by atoms with E-state index < -0.39 is 10.0 Å². The Morgan fingerprint density at radius 1 is 1.13 bits per heavy atom. The van der Waals surface area contributed by atoms with Crippen molar-refractivity contribution in [3.8, 4) is 0 Å². The molecule has 168 valence electrons. The van der Waals surface area contributed by atoms with Gasteiger partial charge in [-0.15, -0.1) is 0 Å². The number of unbranched alkanes of at least 4 members (excludes halogenated alkanes) is 1. The summed E-state index contributed by atoms with van der Waals surface area (Å²) in [7, 11) is -3.19. The highest BCUT2D eigenvalue weighted by Gasteiger charge is 2.35. The molecule has 1 aliphatic carbocycles. The van der Waals surface area contributed by atoms with E-state index in [2.05, 4.69) is 4.98 Å². The van der Waals surface area contributed by atoms with Crippen molar-refractivity contribution in [1.29, 1.82) is 0 Å². The number of aromatic nitrogens is 1. The number of hydrogen-bond acceptors (Lipinski definition) is 4. The second kappa shape index (κ2) is 9.65. The predicted octanol–water partition coefficient (Wildman–Crippen LogP) is 4.07. The number of amides is 1. The van der Waals surface area contributed by atoms with Crippen LogP contribution in [0.5, 0.6) is 0 Å². The molecule has 0 atom stereocenters. The summed E-state index contributed by atoms with van der Waals surface area (Å²) in [4.78, 5) is 20.0. The van der Waals surface area contributed by atoms with Crippen LogP contribution < -0.4 is 0 Å². The Hall–Kier alpha value is -1.99. The van der Waals surface area contributed by atoms with E-state index in [1.165, 1.54) is 19.3 Å². The molecule has 1 saturated carbocycles. The lowest BCUT2D eigenvalue weighted by atomic mass is 9.84. The average Bonchev–Trinajstić information content (AvgIpc) is 2.76. The summed E-state index contributed by atoms with van der Waals surface area (Å²) in [5, 5.41) is 2.04. The first-order valence-electron chi connectivity index (χ1n) is 11.6. The van der Waals surface area contributed by atoms with Crippen molar-refractivity contribution >= 4 is 26.7 Å². The van der Waals surface area contributed by atoms with Crippen LogP contribution >= 0.6 is 0 Å². The maximum absolute atomic E-state index is 13.5. The maximum atomic E-state index is 13.5. The summed E-state index contributed by atoms with van der Waals surface area (Å²) in [5.74, 6) is 0.751. The number of benzene rings is 1. The quantitative estimate of drug-likeness (QED) is 0.617. The Labute approximate surface area is 185 Å². The van der Waals surface area contributed by atoms with Crippen LogP contribution in [0.2, 0.25) is 0 Å². The van der Waals surface area contributed by atoms with Gasteiger partial charge in [0, 0.05) is 37.3 Å². The van der Waals surface area contributed by atoms with Crippen LogP contribution in [0.25, 0.3) is 10.8 Å². The number of rotatable bonds is 8. The fourth-order valence-electron chi connectivity index (χ4n) is 4.59. The number of carbonyl (C=O) groups excluding carboxylic acids is 1. The monoisotopic (exact) mass is 443 g/mol. The van der Waals surface area contributed by atoms with Crippen molar-refractivity contribution in [2.24, 2.45) is 5.92 Å². The molecule has 0 spiro atoms. The third kappa shape index (κ3) is 5.09. The van der Waals surface area contributed by atoms with Gasteiger partial charge in [0.2, 0.25) is 10.0 Å². The summed E-state index contributed by atoms with van der Waals surface area (Å²) in [5.41, 5.74) is 0.482. The molecule has 6 nitrogen and oxygen atoms in total. The number of hydrogen-bond donors (Lipinski definition) is 0. The molecule has 1 saturated heterocycles. The minimum Gasteiger partial charge on any atom is -0.334 e. The van der Waals surface area contributed by atoms with E-state index in [-0.39, 0.29) is 17.7 Å². The molecule has 1 aromatic heterocycles. The van der Waals surface area contributed by atoms with Crippen molar-refractivity contribution in [3.05, 3.63) is 42.2 Å². The summed E-state index contributed by atoms with van der Waals surface area (Å²) in [6.07, 6.45) is 8.29. The Balaban J connectivity index is 1.49. The number of nitrogens with zero attached hydrogens (tertiary/aromatic N) is 3. The molecule has 7 heteroatoms. The molecule has 1 aromatic carbocycles. The van der Waals surface area contributed by atoms with E-state index >= 15 is 0 Å². The van der Waals surface area contributed by atoms with Gasteiger partial charge in [0.1, 0.15) is 5.69 Å². The fraction of sp³-hybridized carbons (Fsp3) is 0.583. The normalized spacial score (nSPS) is 18.7. The van der Waals surface area contributed by atoms with Crippen LogP contribution in [0.15, 0.2) is 36.5 Å². The minimum atomic E-state index is -3.19. The van der Waals surface area contributed by atoms with Gasteiger partial charge in [-0.05, 0) is 49.5 Å². The molecule has 0 unspecified atom stereocenters. The molecule has 1 amide bonds. The van der Waals surface area contributed by atoms with Gasteiger partial charge < -0.3 is 4.90 Å². The van der Waals surface area contributed by atoms with Gasteiger partial charge in [-0.3, -0.25) is 9.78 Å². The number of piperidine rings is 1. The first-order valence-corrected chi connectivity index (χ1v) is 13.2. The highest BCUT2D eigenvalue weighted by atomic mass is 32.2. The average molecular weight is 444 g/mol. The Morgan fingerprint density at radius 2 is 1.84 bits per heavy atom. The SMILES string of the molecule is CCCCS(=O)(=O)N1CCC(N(CC2CCC2)C(=O)c2cc3ccccc3cn2)CC1. The van der Waals surface area contributed by atoms with Crippen molar-refractivity contribution in [2.45, 2.75) is 57.9 Å². The van der Waals surface area contributed by atoms with Gasteiger partial charge in [0.15, 0.2) is 0 Å². The first-order chi connectivity index (χ1) is 15.0. The van der Waals surface area contributed by atoms with E-state index in [9.17, 15) is 13.2 Å². The van der Waals surface area contributed by atoms with E-state index in [1.807, 2.05) is 42.2 Å². The van der Waals surface area contributed by atoms with Crippen LogP contribution in [-0.2, 0) is 10.0 Å². The molecule has 2 fully saturated rings. The lowest BCUT2D eigenvalue weighted by molar-refractivity contribution is 0.0520. The lowest BCUT2D eigenvalue weighted by Crippen LogP contribution is -2.51. The Morgan fingerprint density at radius 3 is 2.48 bits per heavy atom. The van der Waals surface area contributed by atoms with E-state index in [0.717, 1.165) is 23.7 Å². The zero-order valence-electron chi connectivity index (χ0n) is 18.4. The van der Waals surface area contributed by atoms with Crippen LogP contribution in [-0.4, -0.2) is 59.9 Å². The molecule has 0 bridgehead atoms. The Bertz CT molecular complexity index is 1010. The van der Waals surface area contributed by atoms with Crippen LogP contribution in [0.4, 0.5) is 0 Å². The van der Waals surface area contributed by atoms with Gasteiger partial charge in [0.25, 0.3) is 5.91 Å². The lowest BCUT2D eigenvalue weighted by Gasteiger charge is -2.41. The highest BCUT2D eigenvalue weighted by Crippen LogP contribution is 2.30. The molecule has 2 heterocycles. The van der Waals surface area contributed by atoms with Crippen molar-refractivity contribution in [3.63, 3.8) is 0 Å². The molecule has 4 rings (SSSR count). The standard InChI is InChI=1S/C24H33N3O3S/c1-2-3-15-31(29,30)26-13-11-22(12-14-26)27(18-19-7-6-8-19)24(28)23-16-20-9-4-5-10-21(20)17-25-23/h4-5,9-10,16-17,19,22H,2-3,6-8,11-15,18H2,1H3. The third-order valence-corrected chi connectivity index (χ3v) is 8.76. The van der Waals surface area contributed by atoms with Crippen molar-refractivity contribution < 1.29 is 13.2 Å². The predicted molar refractivity (Wildman–Crippen MR) is 123 cm³/mol. The maximum Gasteiger partial charge on any atom is 0.272 e. The van der Waals surface area contributed by atoms with Crippen LogP contribution in [0.1, 0.15) is 62.4 Å². The second-order valence-electron chi connectivity index (χ2n) is 8.97. The van der Waals surface area contributed by atoms with Gasteiger partial charge in [-0.25, -0.2) is 12.7 Å². The van der Waals surface area contributed by atoms with E-state index in [0.29, 0.717) is 44.0 Å². The molecular weight excluding hydrogens is 410 g/mol. The van der Waals surface area contributed by atoms with Crippen LogP contribution in [0, 0.1) is 5.92 Å². The number of sulfonamides is 1. The number of fused-ring (bicyclic) bond motifs is 1. The molecule has 31 heavy (non-hydrogen) atoms. The summed E-state index contributed by atoms with van der Waals surface area (Å²) < 4.78 is 26.8. The molecule has 2 aliphatic rings. The van der Waals surface area contributed by atoms with Gasteiger partial charge >= 0.3 is 0 Å². The van der Waals surface area contributed by atoms with Gasteiger partial charge in [-0.1, -0.05) is 44.0 Å². The summed E-state index contributed by atoms with van der Waals surface area (Å²) in [6.45, 7) is 3.75. The van der Waals surface area contributed by atoms with Gasteiger partial charge in [0.05, 0.1) is 5.75 Å². The molecule has 0 radical (unpaired) electrons. The second-order valence-corrected chi connectivity index (χ2v) is 11.1. The third-order valence-electron chi connectivity index (χ3n) is 6.80. The zero-order valence-corrected chi connectivity index (χ0v) is 19.2. The van der Waals surface area contributed by atoms with E-state index in [1.54, 1.807) is 10.5 Å². The number of carbonyl (C=O) groups is 1. The fourth-order valence-corrected chi connectivity index (χ4v) is 6.27. The Kier molecular flexibility index (Phi) is 6.92. The summed E-state index contributed by atoms with van der Waals surface area (Å²) >= 11 is 0. The zero-order chi connectivity index (χ0) is 21.8. The van der Waals surface area contributed by atoms with Gasteiger partial charge in [-0.2, -0.15) is 0 Å². The molecule has 1 aliphatic heterocycles. The molecule has 0 N–H and O–H groups in total. The van der Waals surface area contributed by atoms with Crippen LogP contribution in [0.3, 0.4) is 0 Å². The molecule has 2 aromatic rings. The minimum absolute atomic E-state index is 0.0232. The van der Waals surface area contributed by atoms with Crippen molar-refractivity contribution in [1.82, 2.24) is 14.2 Å². The van der Waals surface area contributed by atoms with E-state index in [4.69, 9.17) is 0 Å². The highest BCUT2D eigenvalue weighted by molar-refractivity contribution is 7.89. The first kappa shape index (κ1) is 22.2. The van der Waals surface area contributed by atoms with Crippen molar-refractivity contribution in [2.75, 3.05) is 25.4 Å². The smallest absolute Gasteiger partial charge is 0.272 e. The largest absolute Gasteiger partial charge is 0.334 e. The summed E-state index contributed by atoms with van der Waals surface area (Å²) in [6, 6.07) is 9.89. The molecular formula is C24H33N3O3S.